The third-order valence-corrected chi connectivity index (χ3v) is 5.61. The molecule has 2 amide bonds. The number of amides is 2. The van der Waals surface area contributed by atoms with Gasteiger partial charge in [0.1, 0.15) is 0 Å². The molecule has 1 aliphatic heterocycles. The van der Waals surface area contributed by atoms with E-state index in [1.165, 1.54) is 9.78 Å². The van der Waals surface area contributed by atoms with Crippen molar-refractivity contribution in [2.24, 2.45) is 0 Å². The van der Waals surface area contributed by atoms with Crippen molar-refractivity contribution in [1.82, 2.24) is 9.80 Å². The van der Waals surface area contributed by atoms with Crippen LogP contribution in [0.5, 0.6) is 0 Å². The molecule has 1 fully saturated rings. The minimum Gasteiger partial charge on any atom is -0.378 e. The van der Waals surface area contributed by atoms with E-state index in [-0.39, 0.29) is 24.9 Å². The number of nitrogens with one attached hydrogen (secondary N) is 1. The average molecular weight is 417 g/mol. The van der Waals surface area contributed by atoms with E-state index in [9.17, 15) is 9.59 Å². The van der Waals surface area contributed by atoms with Crippen molar-refractivity contribution in [3.8, 4) is 0 Å². The standard InChI is InChI=1S/C21H28N4O3S/c1-23(14-19-4-3-13-29-19)16-21(27)24(2)15-20(26)22-17-5-7-18(8-6-17)25-9-11-28-12-10-25/h3-8,13H,9-12,14-16H2,1-2H3,(H,22,26). The fourth-order valence-corrected chi connectivity index (χ4v) is 3.94. The topological polar surface area (TPSA) is 65.1 Å². The van der Waals surface area contributed by atoms with Crippen molar-refractivity contribution in [1.29, 1.82) is 0 Å². The van der Waals surface area contributed by atoms with Crippen LogP contribution in [0.4, 0.5) is 11.4 Å². The first-order chi connectivity index (χ1) is 14.0. The SMILES string of the molecule is CN(CC(=O)N(C)CC(=O)Nc1ccc(N2CCOCC2)cc1)Cc1cccs1. The predicted molar refractivity (Wildman–Crippen MR) is 116 cm³/mol. The van der Waals surface area contributed by atoms with Crippen LogP contribution in [0, 0.1) is 0 Å². The molecular weight excluding hydrogens is 388 g/mol. The molecule has 2 aromatic rings. The first kappa shape index (κ1) is 21.3. The van der Waals surface area contributed by atoms with E-state index in [0.717, 1.165) is 44.2 Å². The van der Waals surface area contributed by atoms with Crippen molar-refractivity contribution < 1.29 is 14.3 Å². The molecule has 0 atom stereocenters. The second-order valence-electron chi connectivity index (χ2n) is 7.20. The number of carbonyl (C=O) groups is 2. The van der Waals surface area contributed by atoms with Gasteiger partial charge in [0, 0.05) is 42.9 Å². The summed E-state index contributed by atoms with van der Waals surface area (Å²) in [4.78, 5) is 31.6. The van der Waals surface area contributed by atoms with Gasteiger partial charge in [-0.05, 0) is 42.8 Å². The summed E-state index contributed by atoms with van der Waals surface area (Å²) in [5.74, 6) is -0.289. The molecule has 1 aromatic carbocycles. The summed E-state index contributed by atoms with van der Waals surface area (Å²) in [5.41, 5.74) is 1.84. The molecule has 0 saturated carbocycles. The molecule has 156 valence electrons. The number of hydrogen-bond acceptors (Lipinski definition) is 6. The van der Waals surface area contributed by atoms with E-state index in [1.54, 1.807) is 18.4 Å². The molecule has 0 aliphatic carbocycles. The van der Waals surface area contributed by atoms with E-state index < -0.39 is 0 Å². The van der Waals surface area contributed by atoms with Gasteiger partial charge in [-0.3, -0.25) is 14.5 Å². The Morgan fingerprint density at radius 2 is 1.83 bits per heavy atom. The third-order valence-electron chi connectivity index (χ3n) is 4.74. The lowest BCUT2D eigenvalue weighted by Crippen LogP contribution is -2.40. The fraction of sp³-hybridized carbons (Fsp3) is 0.429. The van der Waals surface area contributed by atoms with Gasteiger partial charge in [0.25, 0.3) is 0 Å². The first-order valence-electron chi connectivity index (χ1n) is 9.69. The Bertz CT molecular complexity index is 789. The van der Waals surface area contributed by atoms with Gasteiger partial charge >= 0.3 is 0 Å². The van der Waals surface area contributed by atoms with E-state index in [4.69, 9.17) is 4.74 Å². The fourth-order valence-electron chi connectivity index (χ4n) is 3.16. The lowest BCUT2D eigenvalue weighted by Gasteiger charge is -2.29. The number of anilines is 2. The second-order valence-corrected chi connectivity index (χ2v) is 8.23. The molecule has 0 unspecified atom stereocenters. The van der Waals surface area contributed by atoms with Gasteiger partial charge in [0.2, 0.25) is 11.8 Å². The number of morpholine rings is 1. The van der Waals surface area contributed by atoms with Crippen LogP contribution in [-0.4, -0.2) is 75.1 Å². The van der Waals surface area contributed by atoms with Crippen LogP contribution in [0.2, 0.25) is 0 Å². The lowest BCUT2D eigenvalue weighted by molar-refractivity contribution is -0.134. The van der Waals surface area contributed by atoms with E-state index in [0.29, 0.717) is 0 Å². The Kier molecular flexibility index (Phi) is 7.62. The van der Waals surface area contributed by atoms with E-state index in [1.807, 2.05) is 53.7 Å². The maximum atomic E-state index is 12.4. The Morgan fingerprint density at radius 1 is 1.10 bits per heavy atom. The number of hydrogen-bond donors (Lipinski definition) is 1. The molecule has 2 heterocycles. The zero-order valence-corrected chi connectivity index (χ0v) is 17.8. The highest BCUT2D eigenvalue weighted by Gasteiger charge is 2.16. The van der Waals surface area contributed by atoms with E-state index >= 15 is 0 Å². The number of ether oxygens (including phenoxy) is 1. The van der Waals surface area contributed by atoms with Crippen molar-refractivity contribution in [3.63, 3.8) is 0 Å². The zero-order chi connectivity index (χ0) is 20.6. The van der Waals surface area contributed by atoms with Crippen molar-refractivity contribution >= 4 is 34.5 Å². The van der Waals surface area contributed by atoms with Crippen LogP contribution in [-0.2, 0) is 20.9 Å². The zero-order valence-electron chi connectivity index (χ0n) is 17.0. The highest BCUT2D eigenvalue weighted by atomic mass is 32.1. The maximum absolute atomic E-state index is 12.4. The molecule has 7 nitrogen and oxygen atoms in total. The molecule has 0 radical (unpaired) electrons. The average Bonchev–Trinajstić information content (AvgIpc) is 3.22. The molecular formula is C21H28N4O3S. The van der Waals surface area contributed by atoms with Crippen LogP contribution in [0.1, 0.15) is 4.88 Å². The number of benzene rings is 1. The monoisotopic (exact) mass is 416 g/mol. The summed E-state index contributed by atoms with van der Waals surface area (Å²) in [6.07, 6.45) is 0. The maximum Gasteiger partial charge on any atom is 0.243 e. The Hall–Kier alpha value is -2.42. The molecule has 1 aromatic heterocycles. The number of likely N-dealkylation sites (N-methyl/N-ethyl adjacent to an activating group) is 2. The van der Waals surface area contributed by atoms with Gasteiger partial charge in [0.05, 0.1) is 26.3 Å². The van der Waals surface area contributed by atoms with Gasteiger partial charge in [-0.25, -0.2) is 0 Å². The number of carbonyl (C=O) groups excluding carboxylic acids is 2. The first-order valence-corrected chi connectivity index (χ1v) is 10.6. The summed E-state index contributed by atoms with van der Waals surface area (Å²) in [5, 5.41) is 4.88. The molecule has 29 heavy (non-hydrogen) atoms. The Labute approximate surface area is 175 Å². The molecule has 1 aliphatic rings. The van der Waals surface area contributed by atoms with Gasteiger partial charge < -0.3 is 19.9 Å². The van der Waals surface area contributed by atoms with Crippen molar-refractivity contribution in [3.05, 3.63) is 46.7 Å². The second kappa shape index (κ2) is 10.4. The summed E-state index contributed by atoms with van der Waals surface area (Å²) in [6.45, 7) is 4.24. The molecule has 0 spiro atoms. The highest BCUT2D eigenvalue weighted by molar-refractivity contribution is 7.09. The van der Waals surface area contributed by atoms with Gasteiger partial charge in [-0.15, -0.1) is 11.3 Å². The van der Waals surface area contributed by atoms with Crippen LogP contribution in [0.25, 0.3) is 0 Å². The smallest absolute Gasteiger partial charge is 0.243 e. The minimum absolute atomic E-state index is 0.0247. The summed E-state index contributed by atoms with van der Waals surface area (Å²) in [6, 6.07) is 11.8. The van der Waals surface area contributed by atoms with E-state index in [2.05, 4.69) is 10.2 Å². The molecule has 3 rings (SSSR count). The van der Waals surface area contributed by atoms with Crippen LogP contribution in [0.3, 0.4) is 0 Å². The van der Waals surface area contributed by atoms with Gasteiger partial charge in [-0.1, -0.05) is 6.07 Å². The number of rotatable bonds is 8. The quantitative estimate of drug-likeness (QED) is 0.714. The summed E-state index contributed by atoms with van der Waals surface area (Å²) >= 11 is 1.67. The molecule has 0 bridgehead atoms. The molecule has 1 N–H and O–H groups in total. The third kappa shape index (κ3) is 6.56. The van der Waals surface area contributed by atoms with Crippen molar-refractivity contribution in [2.45, 2.75) is 6.54 Å². The number of nitrogens with zero attached hydrogens (tertiary/aromatic N) is 3. The van der Waals surface area contributed by atoms with Crippen LogP contribution < -0.4 is 10.2 Å². The highest BCUT2D eigenvalue weighted by Crippen LogP contribution is 2.19. The summed E-state index contributed by atoms with van der Waals surface area (Å²) < 4.78 is 5.37. The number of thiophene rings is 1. The summed E-state index contributed by atoms with van der Waals surface area (Å²) in [7, 11) is 3.56. The molecule has 8 heteroatoms. The van der Waals surface area contributed by atoms with Crippen LogP contribution >= 0.6 is 11.3 Å². The minimum atomic E-state index is -0.208. The normalized spacial score (nSPS) is 14.1. The van der Waals surface area contributed by atoms with Gasteiger partial charge in [-0.2, -0.15) is 0 Å². The lowest BCUT2D eigenvalue weighted by atomic mass is 10.2. The van der Waals surface area contributed by atoms with Crippen LogP contribution in [0.15, 0.2) is 41.8 Å². The van der Waals surface area contributed by atoms with Gasteiger partial charge in [0.15, 0.2) is 0 Å². The molecule has 1 saturated heterocycles. The predicted octanol–water partition coefficient (Wildman–Crippen LogP) is 2.11. The Morgan fingerprint density at radius 3 is 2.48 bits per heavy atom. The van der Waals surface area contributed by atoms with Crippen molar-refractivity contribution in [2.75, 3.05) is 63.7 Å². The Balaban J connectivity index is 1.43. The largest absolute Gasteiger partial charge is 0.378 e.